The van der Waals surface area contributed by atoms with Crippen LogP contribution < -0.4 is 11.1 Å². The number of rotatable bonds is 7. The summed E-state index contributed by atoms with van der Waals surface area (Å²) in [5, 5.41) is 3.26. The first-order chi connectivity index (χ1) is 9.43. The largest absolute Gasteiger partial charge is 0.399 e. The van der Waals surface area contributed by atoms with Crippen molar-refractivity contribution in [1.82, 2.24) is 0 Å². The average Bonchev–Trinajstić information content (AvgIpc) is 2.34. The minimum Gasteiger partial charge on any atom is -0.399 e. The van der Waals surface area contributed by atoms with Crippen LogP contribution in [0, 0.1) is 0 Å². The van der Waals surface area contributed by atoms with Gasteiger partial charge in [0, 0.05) is 34.4 Å². The van der Waals surface area contributed by atoms with Crippen LogP contribution in [0.5, 0.6) is 0 Å². The fourth-order valence-electron chi connectivity index (χ4n) is 1.64. The van der Waals surface area contributed by atoms with Gasteiger partial charge in [0.2, 0.25) is 5.91 Å². The van der Waals surface area contributed by atoms with Crippen molar-refractivity contribution in [2.24, 2.45) is 0 Å². The molecule has 1 atom stereocenters. The zero-order valence-electron chi connectivity index (χ0n) is 11.2. The topological polar surface area (TPSA) is 72.2 Å². The second-order valence-electron chi connectivity index (χ2n) is 4.36. The molecule has 3 N–H and O–H groups in total. The number of amides is 1. The number of nitrogens with two attached hydrogens (primary N) is 1. The van der Waals surface area contributed by atoms with E-state index in [9.17, 15) is 9.00 Å². The van der Waals surface area contributed by atoms with Gasteiger partial charge in [0.15, 0.2) is 0 Å². The second kappa shape index (κ2) is 8.49. The Kier molecular flexibility index (Phi) is 7.34. The van der Waals surface area contributed by atoms with Gasteiger partial charge in [-0.25, -0.2) is 0 Å². The summed E-state index contributed by atoms with van der Waals surface area (Å²) >= 11 is 12.0. The first kappa shape index (κ1) is 17.3. The number of benzene rings is 1. The zero-order chi connectivity index (χ0) is 15.1. The highest BCUT2D eigenvalue weighted by Gasteiger charge is 2.11. The Hall–Kier alpha value is -0.780. The molecule has 0 aliphatic heterocycles. The van der Waals surface area contributed by atoms with Crippen LogP contribution in [-0.4, -0.2) is 21.6 Å². The van der Waals surface area contributed by atoms with Crippen molar-refractivity contribution in [3.05, 3.63) is 22.2 Å². The minimum atomic E-state index is -0.843. The third-order valence-electron chi connectivity index (χ3n) is 2.54. The van der Waals surface area contributed by atoms with Gasteiger partial charge in [-0.1, -0.05) is 30.1 Å². The lowest BCUT2D eigenvalue weighted by Gasteiger charge is -2.10. The molecule has 7 heteroatoms. The molecule has 1 aromatic rings. The van der Waals surface area contributed by atoms with Crippen LogP contribution in [0.15, 0.2) is 12.1 Å². The summed E-state index contributed by atoms with van der Waals surface area (Å²) in [7, 11) is -0.843. The normalized spacial score (nSPS) is 12.2. The molecule has 1 rings (SSSR count). The highest BCUT2D eigenvalue weighted by atomic mass is 35.5. The smallest absolute Gasteiger partial charge is 0.224 e. The van der Waals surface area contributed by atoms with E-state index in [2.05, 4.69) is 5.32 Å². The maximum Gasteiger partial charge on any atom is 0.224 e. The number of anilines is 2. The Morgan fingerprint density at radius 1 is 1.30 bits per heavy atom. The quantitative estimate of drug-likeness (QED) is 0.749. The fourth-order valence-corrected chi connectivity index (χ4v) is 3.36. The SMILES string of the molecule is CCCS(=O)CCCC(=O)Nc1c(Cl)cc(N)cc1Cl. The molecule has 0 bridgehead atoms. The average molecular weight is 337 g/mol. The van der Waals surface area contributed by atoms with E-state index >= 15 is 0 Å². The third-order valence-corrected chi connectivity index (χ3v) is 4.74. The van der Waals surface area contributed by atoms with E-state index in [1.54, 1.807) is 0 Å². The van der Waals surface area contributed by atoms with E-state index < -0.39 is 10.8 Å². The predicted octanol–water partition coefficient (Wildman–Crippen LogP) is 3.45. The summed E-state index contributed by atoms with van der Waals surface area (Å²) in [6.07, 6.45) is 1.74. The molecule has 0 aromatic heterocycles. The van der Waals surface area contributed by atoms with Crippen molar-refractivity contribution in [1.29, 1.82) is 0 Å². The first-order valence-corrected chi connectivity index (χ1v) is 8.57. The lowest BCUT2D eigenvalue weighted by molar-refractivity contribution is -0.116. The molecule has 1 unspecified atom stereocenters. The van der Waals surface area contributed by atoms with Gasteiger partial charge in [0.1, 0.15) is 0 Å². The Bertz CT molecular complexity index is 486. The molecule has 1 amide bonds. The Labute approximate surface area is 131 Å². The molecule has 20 heavy (non-hydrogen) atoms. The molecule has 1 aromatic carbocycles. The highest BCUT2D eigenvalue weighted by molar-refractivity contribution is 7.84. The van der Waals surface area contributed by atoms with Crippen LogP contribution in [0.4, 0.5) is 11.4 Å². The highest BCUT2D eigenvalue weighted by Crippen LogP contribution is 2.32. The molecular formula is C13H18Cl2N2O2S. The summed E-state index contributed by atoms with van der Waals surface area (Å²) < 4.78 is 11.5. The van der Waals surface area contributed by atoms with E-state index in [4.69, 9.17) is 28.9 Å². The number of carbonyl (C=O) groups is 1. The van der Waals surface area contributed by atoms with Crippen LogP contribution in [0.2, 0.25) is 10.0 Å². The monoisotopic (exact) mass is 336 g/mol. The van der Waals surface area contributed by atoms with Gasteiger partial charge in [-0.05, 0) is 25.0 Å². The van der Waals surface area contributed by atoms with Crippen LogP contribution in [-0.2, 0) is 15.6 Å². The van der Waals surface area contributed by atoms with E-state index in [0.29, 0.717) is 39.3 Å². The zero-order valence-corrected chi connectivity index (χ0v) is 13.6. The maximum atomic E-state index is 11.8. The molecule has 0 heterocycles. The Morgan fingerprint density at radius 2 is 1.90 bits per heavy atom. The van der Waals surface area contributed by atoms with Crippen molar-refractivity contribution in [2.75, 3.05) is 22.6 Å². The van der Waals surface area contributed by atoms with Crippen molar-refractivity contribution >= 4 is 51.3 Å². The Balaban J connectivity index is 2.49. The molecule has 0 fully saturated rings. The number of carbonyl (C=O) groups excluding carboxylic acids is 1. The van der Waals surface area contributed by atoms with Gasteiger partial charge >= 0.3 is 0 Å². The molecule has 0 spiro atoms. The lowest BCUT2D eigenvalue weighted by atomic mass is 10.2. The van der Waals surface area contributed by atoms with Crippen LogP contribution in [0.25, 0.3) is 0 Å². The lowest BCUT2D eigenvalue weighted by Crippen LogP contribution is -2.14. The van der Waals surface area contributed by atoms with Gasteiger partial charge in [-0.15, -0.1) is 0 Å². The van der Waals surface area contributed by atoms with Gasteiger partial charge in [0.05, 0.1) is 15.7 Å². The second-order valence-corrected chi connectivity index (χ2v) is 6.87. The maximum absolute atomic E-state index is 11.8. The van der Waals surface area contributed by atoms with Gasteiger partial charge < -0.3 is 11.1 Å². The van der Waals surface area contributed by atoms with Crippen molar-refractivity contribution < 1.29 is 9.00 Å². The molecule has 0 aliphatic carbocycles. The number of nitrogen functional groups attached to an aromatic ring is 1. The van der Waals surface area contributed by atoms with Crippen molar-refractivity contribution in [2.45, 2.75) is 26.2 Å². The summed E-state index contributed by atoms with van der Waals surface area (Å²) in [5.41, 5.74) is 6.39. The molecular weight excluding hydrogens is 319 g/mol. The van der Waals surface area contributed by atoms with E-state index in [-0.39, 0.29) is 12.3 Å². The minimum absolute atomic E-state index is 0.202. The van der Waals surface area contributed by atoms with E-state index in [0.717, 1.165) is 6.42 Å². The molecule has 4 nitrogen and oxygen atoms in total. The Morgan fingerprint density at radius 3 is 2.45 bits per heavy atom. The van der Waals surface area contributed by atoms with E-state index in [1.165, 1.54) is 12.1 Å². The number of hydrogen-bond donors (Lipinski definition) is 2. The molecule has 0 aliphatic rings. The number of hydrogen-bond acceptors (Lipinski definition) is 3. The molecule has 0 saturated carbocycles. The predicted molar refractivity (Wildman–Crippen MR) is 86.9 cm³/mol. The standard InChI is InChI=1S/C13H18Cl2N2O2S/c1-2-5-20(19)6-3-4-12(18)17-13-10(14)7-9(16)8-11(13)15/h7-8H,2-6,16H2,1H3,(H,17,18). The van der Waals surface area contributed by atoms with Crippen molar-refractivity contribution in [3.8, 4) is 0 Å². The third kappa shape index (κ3) is 5.69. The van der Waals surface area contributed by atoms with Gasteiger partial charge in [-0.2, -0.15) is 0 Å². The van der Waals surface area contributed by atoms with Crippen LogP contribution >= 0.6 is 23.2 Å². The van der Waals surface area contributed by atoms with Crippen LogP contribution in [0.1, 0.15) is 26.2 Å². The summed E-state index contributed by atoms with van der Waals surface area (Å²) in [6.45, 7) is 1.98. The first-order valence-electron chi connectivity index (χ1n) is 6.33. The molecule has 0 radical (unpaired) electrons. The molecule has 0 saturated heterocycles. The van der Waals surface area contributed by atoms with E-state index in [1.807, 2.05) is 6.92 Å². The summed E-state index contributed by atoms with van der Waals surface area (Å²) in [5.74, 6) is 1.01. The van der Waals surface area contributed by atoms with Crippen molar-refractivity contribution in [3.63, 3.8) is 0 Å². The fraction of sp³-hybridized carbons (Fsp3) is 0.462. The van der Waals surface area contributed by atoms with Crippen LogP contribution in [0.3, 0.4) is 0 Å². The summed E-state index contributed by atoms with van der Waals surface area (Å²) in [4.78, 5) is 11.8. The van der Waals surface area contributed by atoms with Gasteiger partial charge in [-0.3, -0.25) is 9.00 Å². The molecule has 112 valence electrons. The number of nitrogens with one attached hydrogen (secondary N) is 1. The van der Waals surface area contributed by atoms with Gasteiger partial charge in [0.25, 0.3) is 0 Å². The number of halogens is 2. The summed E-state index contributed by atoms with van der Waals surface area (Å²) in [6, 6.07) is 3.05.